The van der Waals surface area contributed by atoms with Crippen molar-refractivity contribution in [2.75, 3.05) is 0 Å². The van der Waals surface area contributed by atoms with Crippen molar-refractivity contribution < 1.29 is 0 Å². The number of hydrogen-bond acceptors (Lipinski definition) is 0. The van der Waals surface area contributed by atoms with Crippen LogP contribution in [0.3, 0.4) is 0 Å². The molecule has 0 saturated carbocycles. The summed E-state index contributed by atoms with van der Waals surface area (Å²) in [6.07, 6.45) is 0.981. The average molecular weight is 221 g/mol. The van der Waals surface area contributed by atoms with Gasteiger partial charge in [0.05, 0.1) is 5.52 Å². The molecule has 17 heavy (non-hydrogen) atoms. The lowest BCUT2D eigenvalue weighted by molar-refractivity contribution is 1.25. The minimum Gasteiger partial charge on any atom is -0.354 e. The van der Waals surface area contributed by atoms with Crippen LogP contribution in [-0.2, 0) is 0 Å². The molecule has 3 aromatic rings. The summed E-state index contributed by atoms with van der Waals surface area (Å²) in [7, 11) is 0. The quantitative estimate of drug-likeness (QED) is 0.643. The lowest BCUT2D eigenvalue weighted by Gasteiger charge is -2.04. The number of fused-ring (bicyclic) bond motifs is 3. The second-order valence-corrected chi connectivity index (χ2v) is 4.36. The summed E-state index contributed by atoms with van der Waals surface area (Å²) in [5.74, 6) is 0. The maximum Gasteiger partial charge on any atom is 0.0541 e. The third kappa shape index (κ3) is 1.47. The molecule has 0 saturated heterocycles. The fourth-order valence-electron chi connectivity index (χ4n) is 2.36. The number of nitrogens with one attached hydrogen (secondary N) is 1. The van der Waals surface area contributed by atoms with Crippen LogP contribution in [0.2, 0.25) is 0 Å². The van der Waals surface area contributed by atoms with Crippen molar-refractivity contribution in [1.29, 1.82) is 0 Å². The van der Waals surface area contributed by atoms with Crippen molar-refractivity contribution in [3.63, 3.8) is 0 Å². The standard InChI is InChI=1S/C16H15N/c1-3-11(2)12-8-6-9-14-13-7-4-5-10-15(13)17-16(12)14/h4-10,17H,2-3H2,1H3. The van der Waals surface area contributed by atoms with Gasteiger partial charge in [0.2, 0.25) is 0 Å². The summed E-state index contributed by atoms with van der Waals surface area (Å²) in [6, 6.07) is 14.8. The smallest absolute Gasteiger partial charge is 0.0541 e. The first kappa shape index (κ1) is 10.2. The van der Waals surface area contributed by atoms with Crippen molar-refractivity contribution in [1.82, 2.24) is 4.98 Å². The van der Waals surface area contributed by atoms with E-state index in [0.29, 0.717) is 0 Å². The zero-order valence-corrected chi connectivity index (χ0v) is 9.96. The molecule has 0 unspecified atom stereocenters. The Morgan fingerprint density at radius 1 is 1.06 bits per heavy atom. The molecule has 1 N–H and O–H groups in total. The van der Waals surface area contributed by atoms with E-state index in [9.17, 15) is 0 Å². The number of allylic oxidation sites excluding steroid dienone is 1. The molecule has 1 nitrogen and oxygen atoms in total. The number of benzene rings is 2. The lowest BCUT2D eigenvalue weighted by Crippen LogP contribution is -1.82. The molecule has 1 aromatic heterocycles. The SMILES string of the molecule is C=C(CC)c1cccc2c1[nH]c1ccccc12. The summed E-state index contributed by atoms with van der Waals surface area (Å²) in [5.41, 5.74) is 4.82. The number of rotatable bonds is 2. The van der Waals surface area contributed by atoms with E-state index in [2.05, 4.69) is 61.0 Å². The van der Waals surface area contributed by atoms with Crippen LogP contribution in [-0.4, -0.2) is 4.98 Å². The van der Waals surface area contributed by atoms with E-state index < -0.39 is 0 Å². The first-order valence-corrected chi connectivity index (χ1v) is 5.99. The molecule has 0 spiro atoms. The Morgan fingerprint density at radius 2 is 1.82 bits per heavy atom. The first-order chi connectivity index (χ1) is 8.31. The van der Waals surface area contributed by atoms with Crippen LogP contribution in [0, 0.1) is 0 Å². The van der Waals surface area contributed by atoms with Crippen LogP contribution in [0.4, 0.5) is 0 Å². The molecule has 1 heteroatoms. The van der Waals surface area contributed by atoms with E-state index in [-0.39, 0.29) is 0 Å². The maximum atomic E-state index is 4.14. The first-order valence-electron chi connectivity index (χ1n) is 5.99. The highest BCUT2D eigenvalue weighted by molar-refractivity contribution is 6.10. The zero-order valence-electron chi connectivity index (χ0n) is 9.96. The van der Waals surface area contributed by atoms with Gasteiger partial charge in [-0.25, -0.2) is 0 Å². The van der Waals surface area contributed by atoms with E-state index >= 15 is 0 Å². The summed E-state index contributed by atoms with van der Waals surface area (Å²) in [5, 5.41) is 2.57. The number of hydrogen-bond donors (Lipinski definition) is 1. The van der Waals surface area contributed by atoms with Gasteiger partial charge in [0, 0.05) is 21.9 Å². The molecule has 0 aliphatic carbocycles. The van der Waals surface area contributed by atoms with Gasteiger partial charge in [-0.3, -0.25) is 0 Å². The number of para-hydroxylation sites is 2. The molecule has 84 valence electrons. The highest BCUT2D eigenvalue weighted by atomic mass is 14.7. The van der Waals surface area contributed by atoms with Gasteiger partial charge in [0.25, 0.3) is 0 Å². The van der Waals surface area contributed by atoms with E-state index in [0.717, 1.165) is 6.42 Å². The van der Waals surface area contributed by atoms with Crippen LogP contribution in [0.15, 0.2) is 49.0 Å². The molecular weight excluding hydrogens is 206 g/mol. The summed E-state index contributed by atoms with van der Waals surface area (Å²) in [4.78, 5) is 3.50. The van der Waals surface area contributed by atoms with E-state index in [1.54, 1.807) is 0 Å². The van der Waals surface area contributed by atoms with Crippen LogP contribution < -0.4 is 0 Å². The summed E-state index contributed by atoms with van der Waals surface area (Å²) in [6.45, 7) is 6.29. The molecule has 0 bridgehead atoms. The Morgan fingerprint density at radius 3 is 2.65 bits per heavy atom. The molecule has 0 aliphatic heterocycles. The predicted molar refractivity (Wildman–Crippen MR) is 75.1 cm³/mol. The predicted octanol–water partition coefficient (Wildman–Crippen LogP) is 4.74. The van der Waals surface area contributed by atoms with Crippen molar-refractivity contribution in [3.8, 4) is 0 Å². The van der Waals surface area contributed by atoms with Gasteiger partial charge in [-0.15, -0.1) is 0 Å². The largest absolute Gasteiger partial charge is 0.354 e. The number of aromatic nitrogens is 1. The summed E-state index contributed by atoms with van der Waals surface area (Å²) < 4.78 is 0. The molecular formula is C16H15N. The van der Waals surface area contributed by atoms with Crippen LogP contribution in [0.1, 0.15) is 18.9 Å². The topological polar surface area (TPSA) is 15.8 Å². The Labute approximate surface area is 101 Å². The fraction of sp³-hybridized carbons (Fsp3) is 0.125. The maximum absolute atomic E-state index is 4.14. The van der Waals surface area contributed by atoms with Crippen LogP contribution in [0.5, 0.6) is 0 Å². The molecule has 0 fully saturated rings. The molecule has 2 aromatic carbocycles. The Hall–Kier alpha value is -2.02. The Balaban J connectivity index is 2.43. The lowest BCUT2D eigenvalue weighted by atomic mass is 10.0. The number of H-pyrrole nitrogens is 1. The third-order valence-electron chi connectivity index (χ3n) is 3.35. The van der Waals surface area contributed by atoms with Gasteiger partial charge in [0.15, 0.2) is 0 Å². The van der Waals surface area contributed by atoms with E-state index in [1.807, 2.05) is 0 Å². The Bertz CT molecular complexity index is 704. The van der Waals surface area contributed by atoms with Crippen LogP contribution >= 0.6 is 0 Å². The van der Waals surface area contributed by atoms with Gasteiger partial charge < -0.3 is 4.98 Å². The molecule has 0 atom stereocenters. The second kappa shape index (κ2) is 3.77. The van der Waals surface area contributed by atoms with Crippen molar-refractivity contribution in [3.05, 3.63) is 54.6 Å². The van der Waals surface area contributed by atoms with E-state index in [1.165, 1.54) is 32.9 Å². The average Bonchev–Trinajstić information content (AvgIpc) is 2.76. The molecule has 1 heterocycles. The summed E-state index contributed by atoms with van der Waals surface area (Å²) >= 11 is 0. The molecule has 0 amide bonds. The monoisotopic (exact) mass is 221 g/mol. The molecule has 3 rings (SSSR count). The Kier molecular flexibility index (Phi) is 2.25. The normalized spacial score (nSPS) is 11.1. The third-order valence-corrected chi connectivity index (χ3v) is 3.35. The highest BCUT2D eigenvalue weighted by Gasteiger charge is 2.08. The van der Waals surface area contributed by atoms with Gasteiger partial charge in [-0.2, -0.15) is 0 Å². The van der Waals surface area contributed by atoms with Crippen molar-refractivity contribution in [2.45, 2.75) is 13.3 Å². The van der Waals surface area contributed by atoms with Crippen molar-refractivity contribution in [2.24, 2.45) is 0 Å². The minimum atomic E-state index is 0.981. The second-order valence-electron chi connectivity index (χ2n) is 4.36. The van der Waals surface area contributed by atoms with Crippen molar-refractivity contribution >= 4 is 27.4 Å². The van der Waals surface area contributed by atoms with Gasteiger partial charge >= 0.3 is 0 Å². The zero-order chi connectivity index (χ0) is 11.8. The fourth-order valence-corrected chi connectivity index (χ4v) is 2.36. The van der Waals surface area contributed by atoms with E-state index in [4.69, 9.17) is 0 Å². The van der Waals surface area contributed by atoms with Gasteiger partial charge in [0.1, 0.15) is 0 Å². The number of aromatic amines is 1. The highest BCUT2D eigenvalue weighted by Crippen LogP contribution is 2.30. The molecule has 0 aliphatic rings. The van der Waals surface area contributed by atoms with Gasteiger partial charge in [-0.05, 0) is 18.1 Å². The van der Waals surface area contributed by atoms with Crippen LogP contribution in [0.25, 0.3) is 27.4 Å². The minimum absolute atomic E-state index is 0.981. The van der Waals surface area contributed by atoms with Gasteiger partial charge in [-0.1, -0.05) is 49.9 Å². The molecule has 0 radical (unpaired) electrons.